The predicted octanol–water partition coefficient (Wildman–Crippen LogP) is 4.52. The molecule has 1 atom stereocenters. The number of carbonyl (C=O) groups is 1. The Balaban J connectivity index is 1.62. The monoisotopic (exact) mass is 536 g/mol. The summed E-state index contributed by atoms with van der Waals surface area (Å²) >= 11 is 6.01. The lowest BCUT2D eigenvalue weighted by molar-refractivity contribution is -0.190. The van der Waals surface area contributed by atoms with Gasteiger partial charge < -0.3 is 4.74 Å². The van der Waals surface area contributed by atoms with Crippen molar-refractivity contribution in [3.8, 4) is 11.7 Å². The number of amides is 1. The molecule has 0 radical (unpaired) electrons. The van der Waals surface area contributed by atoms with Gasteiger partial charge in [-0.25, -0.2) is 27.2 Å². The van der Waals surface area contributed by atoms with Crippen LogP contribution in [0, 0.1) is 5.41 Å². The van der Waals surface area contributed by atoms with Crippen molar-refractivity contribution >= 4 is 27.5 Å². The van der Waals surface area contributed by atoms with Gasteiger partial charge in [0, 0.05) is 18.7 Å². The van der Waals surface area contributed by atoms with Crippen LogP contribution in [0.2, 0.25) is 5.15 Å². The number of allylic oxidation sites excluding steroid dienone is 3. The highest BCUT2D eigenvalue weighted by molar-refractivity contribution is 7.90. The van der Waals surface area contributed by atoms with E-state index in [1.54, 1.807) is 4.72 Å². The van der Waals surface area contributed by atoms with Crippen LogP contribution in [0.4, 0.5) is 17.6 Å². The Morgan fingerprint density at radius 3 is 2.66 bits per heavy atom. The largest absolute Gasteiger partial charge is 0.477 e. The van der Waals surface area contributed by atoms with Crippen molar-refractivity contribution < 1.29 is 35.5 Å². The Bertz CT molecular complexity index is 1230. The Kier molecular flexibility index (Phi) is 7.90. The molecule has 14 heteroatoms. The molecular weight excluding hydrogens is 516 g/mol. The van der Waals surface area contributed by atoms with E-state index in [2.05, 4.69) is 16.7 Å². The molecule has 0 spiro atoms. The molecule has 0 bridgehead atoms. The van der Waals surface area contributed by atoms with E-state index in [0.29, 0.717) is 0 Å². The molecule has 8 nitrogen and oxygen atoms in total. The number of carbonyl (C=O) groups excluding carboxylic acids is 1. The number of hydrogen-bond acceptors (Lipinski definition) is 6. The van der Waals surface area contributed by atoms with Crippen molar-refractivity contribution in [2.45, 2.75) is 37.4 Å². The molecule has 1 saturated carbocycles. The summed E-state index contributed by atoms with van der Waals surface area (Å²) in [5, 5.41) is 3.67. The Morgan fingerprint density at radius 2 is 2.06 bits per heavy atom. The molecule has 2 heterocycles. The molecule has 1 aliphatic rings. The number of ether oxygens (including phenoxy) is 1. The predicted molar refractivity (Wildman–Crippen MR) is 119 cm³/mol. The molecule has 2 aromatic heterocycles. The van der Waals surface area contributed by atoms with E-state index in [0.717, 1.165) is 0 Å². The molecule has 35 heavy (non-hydrogen) atoms. The summed E-state index contributed by atoms with van der Waals surface area (Å²) < 4.78 is 85.0. The topological polar surface area (TPSA) is 103 Å². The van der Waals surface area contributed by atoms with Gasteiger partial charge in [-0.3, -0.25) is 4.79 Å². The van der Waals surface area contributed by atoms with Crippen molar-refractivity contribution in [3.63, 3.8) is 0 Å². The molecule has 0 aromatic carbocycles. The minimum absolute atomic E-state index is 0.0632. The first-order valence-corrected chi connectivity index (χ1v) is 12.2. The number of sulfonamides is 1. The summed E-state index contributed by atoms with van der Waals surface area (Å²) in [4.78, 5) is 16.3. The first-order valence-electron chi connectivity index (χ1n) is 10.3. The van der Waals surface area contributed by atoms with Crippen molar-refractivity contribution in [1.82, 2.24) is 19.5 Å². The van der Waals surface area contributed by atoms with Gasteiger partial charge in [0.05, 0.1) is 17.6 Å². The Morgan fingerprint density at radius 1 is 1.34 bits per heavy atom. The van der Waals surface area contributed by atoms with E-state index in [1.807, 2.05) is 0 Å². The van der Waals surface area contributed by atoms with Crippen LogP contribution >= 0.6 is 11.6 Å². The van der Waals surface area contributed by atoms with E-state index in [4.69, 9.17) is 16.3 Å². The Hall–Kier alpha value is -2.93. The smallest absolute Gasteiger partial charge is 0.394 e. The van der Waals surface area contributed by atoms with E-state index in [1.165, 1.54) is 47.3 Å². The fourth-order valence-electron chi connectivity index (χ4n) is 3.07. The van der Waals surface area contributed by atoms with E-state index in [9.17, 15) is 30.8 Å². The minimum Gasteiger partial charge on any atom is -0.477 e. The van der Waals surface area contributed by atoms with Crippen LogP contribution in [0.1, 0.15) is 36.0 Å². The summed E-state index contributed by atoms with van der Waals surface area (Å²) in [5.41, 5.74) is -4.38. The highest BCUT2D eigenvalue weighted by atomic mass is 35.5. The first-order chi connectivity index (χ1) is 16.4. The highest BCUT2D eigenvalue weighted by Gasteiger charge is 2.62. The molecule has 0 aliphatic heterocycles. The van der Waals surface area contributed by atoms with Crippen LogP contribution < -0.4 is 9.46 Å². The van der Waals surface area contributed by atoms with Gasteiger partial charge in [0.25, 0.3) is 15.9 Å². The number of halogens is 5. The zero-order chi connectivity index (χ0) is 25.9. The molecule has 0 saturated heterocycles. The number of alkyl halides is 4. The number of nitrogens with zero attached hydrogens (tertiary/aromatic N) is 3. The molecule has 2 aromatic rings. The van der Waals surface area contributed by atoms with Gasteiger partial charge in [0.1, 0.15) is 5.15 Å². The number of aromatic nitrogens is 3. The van der Waals surface area contributed by atoms with Gasteiger partial charge in [0.15, 0.2) is 5.82 Å². The van der Waals surface area contributed by atoms with Crippen LogP contribution in [0.25, 0.3) is 5.82 Å². The normalized spacial score (nSPS) is 16.1. The van der Waals surface area contributed by atoms with Crippen molar-refractivity contribution in [2.75, 3.05) is 6.61 Å². The van der Waals surface area contributed by atoms with Gasteiger partial charge in [0.2, 0.25) is 11.4 Å². The maximum atomic E-state index is 14.0. The van der Waals surface area contributed by atoms with Gasteiger partial charge >= 0.3 is 6.18 Å². The lowest BCUT2D eigenvalue weighted by atomic mass is 10.0. The maximum Gasteiger partial charge on any atom is 0.394 e. The number of nitrogens with one attached hydrogen (secondary N) is 1. The van der Waals surface area contributed by atoms with Crippen molar-refractivity contribution in [3.05, 3.63) is 59.9 Å². The Labute approximate surface area is 203 Å². The summed E-state index contributed by atoms with van der Waals surface area (Å²) in [5.74, 6) is -0.989. The van der Waals surface area contributed by atoms with Gasteiger partial charge in [-0.05, 0) is 31.4 Å². The molecule has 3 rings (SSSR count). The summed E-state index contributed by atoms with van der Waals surface area (Å²) in [6.07, 6.45) is 0.597. The molecule has 1 fully saturated rings. The second-order valence-electron chi connectivity index (χ2n) is 7.77. The van der Waals surface area contributed by atoms with Crippen molar-refractivity contribution in [2.24, 2.45) is 5.41 Å². The molecular formula is C21H21ClF4N4O4S. The quantitative estimate of drug-likeness (QED) is 0.257. The third kappa shape index (κ3) is 6.40. The van der Waals surface area contributed by atoms with Gasteiger partial charge in [-0.2, -0.15) is 13.2 Å². The van der Waals surface area contributed by atoms with Gasteiger partial charge in [-0.15, -0.1) is 5.10 Å². The third-order valence-corrected chi connectivity index (χ3v) is 6.95. The van der Waals surface area contributed by atoms with Crippen molar-refractivity contribution in [1.29, 1.82) is 0 Å². The fourth-order valence-corrected chi connectivity index (χ4v) is 4.16. The molecule has 1 N–H and O–H groups in total. The maximum absolute atomic E-state index is 14.0. The lowest BCUT2D eigenvalue weighted by Crippen LogP contribution is -2.36. The summed E-state index contributed by atoms with van der Waals surface area (Å²) in [6, 6.07) is 3.88. The highest BCUT2D eigenvalue weighted by Crippen LogP contribution is 2.59. The van der Waals surface area contributed by atoms with E-state index < -0.39 is 39.4 Å². The number of pyridine rings is 1. The van der Waals surface area contributed by atoms with Gasteiger partial charge in [-0.1, -0.05) is 36.4 Å². The van der Waals surface area contributed by atoms with Crippen LogP contribution in [-0.4, -0.2) is 47.4 Å². The zero-order valence-corrected chi connectivity index (χ0v) is 19.7. The average molecular weight is 537 g/mol. The average Bonchev–Trinajstić information content (AvgIpc) is 3.43. The molecule has 190 valence electrons. The third-order valence-electron chi connectivity index (χ3n) is 5.33. The number of rotatable bonds is 11. The summed E-state index contributed by atoms with van der Waals surface area (Å²) in [6.45, 7) is 3.21. The second kappa shape index (κ2) is 10.4. The summed E-state index contributed by atoms with van der Waals surface area (Å²) in [7, 11) is -4.63. The van der Waals surface area contributed by atoms with Crippen LogP contribution in [0.5, 0.6) is 5.88 Å². The fraction of sp³-hybridized carbons (Fsp3) is 0.381. The molecule has 1 amide bonds. The number of hydrogen-bond donors (Lipinski definition) is 1. The minimum atomic E-state index is -4.63. The SMILES string of the molecule is C=C/C=C\CC(F)S(=O)(=O)NC(=O)c1ccc(-n2ccc(OCCC3(C(F)(F)F)CC3)n2)nc1Cl. The second-order valence-corrected chi connectivity index (χ2v) is 9.93. The first kappa shape index (κ1) is 26.7. The molecule has 1 aliphatic carbocycles. The van der Waals surface area contributed by atoms with Crippen LogP contribution in [0.15, 0.2) is 49.2 Å². The van der Waals surface area contributed by atoms with Crippen LogP contribution in [0.3, 0.4) is 0 Å². The van der Waals surface area contributed by atoms with E-state index in [-0.39, 0.29) is 48.3 Å². The lowest BCUT2D eigenvalue weighted by Gasteiger charge is -2.18. The zero-order valence-electron chi connectivity index (χ0n) is 18.1. The van der Waals surface area contributed by atoms with E-state index >= 15 is 0 Å². The molecule has 1 unspecified atom stereocenters. The standard InChI is InChI=1S/C21H21ClF4N4O4S/c1-2-3-4-5-15(23)35(32,33)29-19(31)14-6-7-16(27-18(14)22)30-12-8-17(28-30)34-13-11-20(9-10-20)21(24,25)26/h2-4,6-8,12,15H,1,5,9-11,13H2,(H,29,31)/b4-3-. The van der Waals surface area contributed by atoms with Crippen LogP contribution in [-0.2, 0) is 10.0 Å².